The van der Waals surface area contributed by atoms with Crippen molar-refractivity contribution in [2.24, 2.45) is 0 Å². The summed E-state index contributed by atoms with van der Waals surface area (Å²) in [5, 5.41) is 9.46. The summed E-state index contributed by atoms with van der Waals surface area (Å²) in [6, 6.07) is 3.98. The molecule has 0 saturated heterocycles. The normalized spacial score (nSPS) is 11.9. The number of hydrogen-bond acceptors (Lipinski definition) is 3. The third-order valence-electron chi connectivity index (χ3n) is 2.02. The molecule has 0 spiro atoms. The highest BCUT2D eigenvalue weighted by atomic mass is 32.1. The highest BCUT2D eigenvalue weighted by Gasteiger charge is 2.04. The number of H-pyrrole nitrogens is 1. The molecule has 0 aliphatic carbocycles. The molecule has 0 radical (unpaired) electrons. The van der Waals surface area contributed by atoms with E-state index in [0.29, 0.717) is 9.20 Å². The van der Waals surface area contributed by atoms with Gasteiger partial charge in [0.25, 0.3) is 5.56 Å². The lowest BCUT2D eigenvalue weighted by molar-refractivity contribution is 0.467. The van der Waals surface area contributed by atoms with Crippen LogP contribution in [0.1, 0.15) is 5.56 Å². The van der Waals surface area contributed by atoms with Gasteiger partial charge >= 0.3 is 0 Å². The maximum Gasteiger partial charge on any atom is 0.266 e. The smallest absolute Gasteiger partial charge is 0.266 e. The Morgan fingerprint density at radius 3 is 2.81 bits per heavy atom. The summed E-state index contributed by atoms with van der Waals surface area (Å²) in [6.45, 7) is 3.58. The minimum absolute atomic E-state index is 0.00912. The Balaban J connectivity index is 2.73. The topological polar surface area (TPSA) is 53.1 Å². The summed E-state index contributed by atoms with van der Waals surface area (Å²) in [5.74, 6) is -0.767. The zero-order valence-electron chi connectivity index (χ0n) is 8.16. The highest BCUT2D eigenvalue weighted by Crippen LogP contribution is 2.19. The van der Waals surface area contributed by atoms with E-state index in [2.05, 4.69) is 11.6 Å². The molecule has 16 heavy (non-hydrogen) atoms. The van der Waals surface area contributed by atoms with E-state index in [0.717, 1.165) is 11.3 Å². The zero-order valence-corrected chi connectivity index (χ0v) is 8.97. The first-order valence-electron chi connectivity index (χ1n) is 4.45. The largest absolute Gasteiger partial charge is 0.507 e. The number of rotatable bonds is 1. The maximum absolute atomic E-state index is 13.4. The fourth-order valence-electron chi connectivity index (χ4n) is 1.29. The molecule has 2 aromatic rings. The molecule has 82 valence electrons. The minimum Gasteiger partial charge on any atom is -0.507 e. The van der Waals surface area contributed by atoms with Gasteiger partial charge in [-0.05, 0) is 18.2 Å². The minimum atomic E-state index is -0.571. The molecular formula is C11H8FNO2S. The summed E-state index contributed by atoms with van der Waals surface area (Å²) in [4.78, 5) is 13.8. The summed E-state index contributed by atoms with van der Waals surface area (Å²) in [5.41, 5.74) is -0.326. The first kappa shape index (κ1) is 10.6. The van der Waals surface area contributed by atoms with Crippen molar-refractivity contribution >= 4 is 24.0 Å². The van der Waals surface area contributed by atoms with Crippen LogP contribution in [0, 0.1) is 5.82 Å². The molecule has 0 aliphatic heterocycles. The van der Waals surface area contributed by atoms with Crippen LogP contribution >= 0.6 is 11.3 Å². The monoisotopic (exact) mass is 237 g/mol. The fraction of sp³-hybridized carbons (Fsp3) is 0. The number of nitrogens with one attached hydrogen (secondary N) is 1. The van der Waals surface area contributed by atoms with E-state index in [1.54, 1.807) is 0 Å². The van der Waals surface area contributed by atoms with Crippen LogP contribution in [0.25, 0.3) is 12.7 Å². The molecule has 0 unspecified atom stereocenters. The molecule has 3 nitrogen and oxygen atoms in total. The number of aromatic nitrogens is 1. The number of hydrogen-bond donors (Lipinski definition) is 2. The number of aromatic amines is 1. The molecule has 2 N–H and O–H groups in total. The molecule has 1 aromatic heterocycles. The maximum atomic E-state index is 13.4. The van der Waals surface area contributed by atoms with Gasteiger partial charge in [-0.25, -0.2) is 4.39 Å². The van der Waals surface area contributed by atoms with Crippen LogP contribution in [-0.2, 0) is 0 Å². The van der Waals surface area contributed by atoms with Gasteiger partial charge < -0.3 is 10.1 Å². The van der Waals surface area contributed by atoms with Gasteiger partial charge in [-0.1, -0.05) is 12.6 Å². The molecule has 1 heterocycles. The van der Waals surface area contributed by atoms with Gasteiger partial charge in [0.15, 0.2) is 0 Å². The van der Waals surface area contributed by atoms with Crippen LogP contribution in [0.15, 0.2) is 23.0 Å². The van der Waals surface area contributed by atoms with Crippen molar-refractivity contribution in [3.63, 3.8) is 0 Å². The Labute approximate surface area is 93.8 Å². The second kappa shape index (κ2) is 3.94. The number of phenolic OH excluding ortho intramolecular Hbond substituents is 1. The van der Waals surface area contributed by atoms with Gasteiger partial charge in [0.1, 0.15) is 11.6 Å². The predicted octanol–water partition coefficient (Wildman–Crippen LogP) is 0.520. The number of benzene rings is 1. The van der Waals surface area contributed by atoms with E-state index in [-0.39, 0.29) is 16.9 Å². The van der Waals surface area contributed by atoms with Crippen LogP contribution in [0.4, 0.5) is 4.39 Å². The predicted molar refractivity (Wildman–Crippen MR) is 61.3 cm³/mol. The molecular weight excluding hydrogens is 229 g/mol. The SMILES string of the molecule is C=c1[nH]c(=O)/c(=C/c2c(O)cccc2F)s1. The van der Waals surface area contributed by atoms with Gasteiger partial charge in [0.05, 0.1) is 14.8 Å². The van der Waals surface area contributed by atoms with Crippen LogP contribution in [0.3, 0.4) is 0 Å². The number of phenols is 1. The average Bonchev–Trinajstić information content (AvgIpc) is 2.51. The Bertz CT molecular complexity index is 666. The summed E-state index contributed by atoms with van der Waals surface area (Å²) >= 11 is 1.11. The average molecular weight is 237 g/mol. The molecule has 2 rings (SSSR count). The molecule has 0 aliphatic rings. The quantitative estimate of drug-likeness (QED) is 0.759. The lowest BCUT2D eigenvalue weighted by atomic mass is 10.2. The zero-order chi connectivity index (χ0) is 11.7. The van der Waals surface area contributed by atoms with E-state index in [1.165, 1.54) is 24.3 Å². The standard InChI is InChI=1S/C11H8FNO2S/c1-6-13-11(15)10(16-6)5-7-8(12)3-2-4-9(7)14/h2-5,14H,1H2,(H,13,15)/b10-5-. The van der Waals surface area contributed by atoms with Gasteiger partial charge in [-0.15, -0.1) is 11.3 Å². The summed E-state index contributed by atoms with van der Waals surface area (Å²) in [7, 11) is 0. The number of halogens is 1. The van der Waals surface area contributed by atoms with Crippen molar-refractivity contribution in [2.45, 2.75) is 0 Å². The van der Waals surface area contributed by atoms with Crippen molar-refractivity contribution in [1.82, 2.24) is 4.98 Å². The molecule has 0 bridgehead atoms. The molecule has 1 aromatic carbocycles. The Hall–Kier alpha value is -1.88. The second-order valence-electron chi connectivity index (χ2n) is 3.16. The summed E-state index contributed by atoms with van der Waals surface area (Å²) < 4.78 is 14.2. The van der Waals surface area contributed by atoms with Crippen molar-refractivity contribution in [2.75, 3.05) is 0 Å². The van der Waals surface area contributed by atoms with Crippen molar-refractivity contribution < 1.29 is 9.50 Å². The van der Waals surface area contributed by atoms with Gasteiger partial charge in [0.2, 0.25) is 0 Å². The van der Waals surface area contributed by atoms with Gasteiger partial charge in [0, 0.05) is 0 Å². The third kappa shape index (κ3) is 1.90. The highest BCUT2D eigenvalue weighted by molar-refractivity contribution is 7.07. The lowest BCUT2D eigenvalue weighted by Crippen LogP contribution is -2.19. The van der Waals surface area contributed by atoms with Crippen LogP contribution in [0.2, 0.25) is 0 Å². The Morgan fingerprint density at radius 2 is 2.25 bits per heavy atom. The van der Waals surface area contributed by atoms with Crippen LogP contribution < -0.4 is 14.8 Å². The molecule has 5 heteroatoms. The third-order valence-corrected chi connectivity index (χ3v) is 2.89. The van der Waals surface area contributed by atoms with Crippen LogP contribution in [0.5, 0.6) is 5.75 Å². The molecule has 0 amide bonds. The van der Waals surface area contributed by atoms with Gasteiger partial charge in [-0.2, -0.15) is 0 Å². The first-order chi connectivity index (χ1) is 7.58. The van der Waals surface area contributed by atoms with E-state index in [9.17, 15) is 14.3 Å². The Kier molecular flexibility index (Phi) is 2.62. The molecule has 0 saturated carbocycles. The first-order valence-corrected chi connectivity index (χ1v) is 5.27. The summed E-state index contributed by atoms with van der Waals surface area (Å²) in [6.07, 6.45) is 1.31. The van der Waals surface area contributed by atoms with Crippen molar-refractivity contribution in [3.8, 4) is 5.75 Å². The van der Waals surface area contributed by atoms with E-state index >= 15 is 0 Å². The number of thiazole rings is 1. The number of aromatic hydroxyl groups is 1. The molecule has 0 atom stereocenters. The Morgan fingerprint density at radius 1 is 1.50 bits per heavy atom. The lowest BCUT2D eigenvalue weighted by Gasteiger charge is -1.98. The molecule has 0 fully saturated rings. The van der Waals surface area contributed by atoms with E-state index < -0.39 is 5.82 Å². The van der Waals surface area contributed by atoms with Crippen molar-refractivity contribution in [3.05, 3.63) is 49.1 Å². The fourth-order valence-corrected chi connectivity index (χ4v) is 2.02. The van der Waals surface area contributed by atoms with Crippen LogP contribution in [-0.4, -0.2) is 10.1 Å². The van der Waals surface area contributed by atoms with E-state index in [1.807, 2.05) is 0 Å². The van der Waals surface area contributed by atoms with Gasteiger partial charge in [-0.3, -0.25) is 4.79 Å². The second-order valence-corrected chi connectivity index (χ2v) is 4.30. The van der Waals surface area contributed by atoms with Crippen molar-refractivity contribution in [1.29, 1.82) is 0 Å². The van der Waals surface area contributed by atoms with E-state index in [4.69, 9.17) is 0 Å².